The molecule has 0 atom stereocenters. The quantitative estimate of drug-likeness (QED) is 0.730. The van der Waals surface area contributed by atoms with Crippen LogP contribution in [0.5, 0.6) is 0 Å². The Morgan fingerprint density at radius 2 is 1.72 bits per heavy atom. The Balaban J connectivity index is 2.09. The van der Waals surface area contributed by atoms with E-state index in [0.29, 0.717) is 13.1 Å². The van der Waals surface area contributed by atoms with Gasteiger partial charge in [-0.05, 0) is 12.8 Å². The van der Waals surface area contributed by atoms with E-state index >= 15 is 0 Å². The number of nitrogens with one attached hydrogen (secondary N) is 2. The van der Waals surface area contributed by atoms with Crippen molar-refractivity contribution in [3.8, 4) is 0 Å². The normalized spacial score (nSPS) is 15.8. The molecule has 1 fully saturated rings. The minimum Gasteiger partial charge on any atom is -0.346 e. The smallest absolute Gasteiger partial charge is 0.346 e. The van der Waals surface area contributed by atoms with Crippen LogP contribution >= 0.6 is 0 Å². The van der Waals surface area contributed by atoms with Gasteiger partial charge < -0.3 is 10.2 Å². The fraction of sp³-hybridized carbons (Fsp3) is 0.800. The van der Waals surface area contributed by atoms with Crippen LogP contribution in [0.2, 0.25) is 0 Å². The molecule has 1 saturated heterocycles. The zero-order valence-corrected chi connectivity index (χ0v) is 9.85. The summed E-state index contributed by atoms with van der Waals surface area (Å²) >= 11 is 0. The highest BCUT2D eigenvalue weighted by molar-refractivity contribution is 5.81. The first kappa shape index (κ1) is 14.7. The summed E-state index contributed by atoms with van der Waals surface area (Å²) in [5.74, 6) is -0.905. The number of amides is 2. The van der Waals surface area contributed by atoms with Gasteiger partial charge in [0.1, 0.15) is 6.54 Å². The minimum atomic E-state index is -4.42. The molecule has 0 bridgehead atoms. The van der Waals surface area contributed by atoms with Gasteiger partial charge in [-0.1, -0.05) is 0 Å². The van der Waals surface area contributed by atoms with Gasteiger partial charge in [0, 0.05) is 13.1 Å². The van der Waals surface area contributed by atoms with Crippen LogP contribution in [0.1, 0.15) is 12.8 Å². The number of alkyl halides is 3. The third-order valence-corrected chi connectivity index (χ3v) is 2.51. The van der Waals surface area contributed by atoms with Crippen LogP contribution < -0.4 is 10.6 Å². The molecule has 1 aliphatic rings. The molecule has 5 nitrogen and oxygen atoms in total. The predicted molar refractivity (Wildman–Crippen MR) is 57.7 cm³/mol. The number of nitrogens with zero attached hydrogens (tertiary/aromatic N) is 1. The fourth-order valence-electron chi connectivity index (χ4n) is 1.62. The molecule has 0 aliphatic carbocycles. The van der Waals surface area contributed by atoms with Gasteiger partial charge in [-0.3, -0.25) is 14.9 Å². The van der Waals surface area contributed by atoms with Crippen LogP contribution in [0.4, 0.5) is 13.2 Å². The number of hydrogen-bond donors (Lipinski definition) is 2. The van der Waals surface area contributed by atoms with E-state index in [4.69, 9.17) is 0 Å². The molecular weight excluding hydrogens is 251 g/mol. The zero-order valence-electron chi connectivity index (χ0n) is 9.85. The van der Waals surface area contributed by atoms with Crippen LogP contribution in [-0.2, 0) is 9.59 Å². The van der Waals surface area contributed by atoms with E-state index in [0.717, 1.165) is 12.8 Å². The second kappa shape index (κ2) is 6.58. The molecule has 1 heterocycles. The van der Waals surface area contributed by atoms with Crippen LogP contribution in [-0.4, -0.2) is 55.6 Å². The van der Waals surface area contributed by atoms with Crippen molar-refractivity contribution in [1.82, 2.24) is 15.5 Å². The molecule has 1 aliphatic heterocycles. The van der Waals surface area contributed by atoms with E-state index < -0.39 is 18.6 Å². The number of rotatable bonds is 5. The van der Waals surface area contributed by atoms with Crippen LogP contribution in [0.3, 0.4) is 0 Å². The summed E-state index contributed by atoms with van der Waals surface area (Å²) in [5, 5.41) is 4.24. The lowest BCUT2D eigenvalue weighted by atomic mass is 10.4. The third-order valence-electron chi connectivity index (χ3n) is 2.51. The van der Waals surface area contributed by atoms with Gasteiger partial charge in [0.2, 0.25) is 11.8 Å². The van der Waals surface area contributed by atoms with Gasteiger partial charge >= 0.3 is 6.18 Å². The topological polar surface area (TPSA) is 61.4 Å². The molecule has 0 saturated carbocycles. The SMILES string of the molecule is O=C(CNCC(=O)N1CCCC1)NCC(F)(F)F. The number of carbonyl (C=O) groups excluding carboxylic acids is 2. The summed E-state index contributed by atoms with van der Waals surface area (Å²) in [4.78, 5) is 24.2. The standard InChI is InChI=1S/C10H16F3N3O2/c11-10(12,13)7-15-8(17)5-14-6-9(18)16-3-1-2-4-16/h14H,1-7H2,(H,15,17). The average Bonchev–Trinajstić information content (AvgIpc) is 2.78. The molecule has 18 heavy (non-hydrogen) atoms. The summed E-state index contributed by atoms with van der Waals surface area (Å²) in [6.07, 6.45) is -2.48. The van der Waals surface area contributed by atoms with Gasteiger partial charge in [-0.25, -0.2) is 0 Å². The van der Waals surface area contributed by atoms with Gasteiger partial charge in [0.25, 0.3) is 0 Å². The summed E-state index contributed by atoms with van der Waals surface area (Å²) in [6, 6.07) is 0. The number of halogens is 3. The van der Waals surface area contributed by atoms with Crippen LogP contribution in [0, 0.1) is 0 Å². The van der Waals surface area contributed by atoms with Crippen molar-refractivity contribution in [2.75, 3.05) is 32.7 Å². The Morgan fingerprint density at radius 3 is 2.28 bits per heavy atom. The summed E-state index contributed by atoms with van der Waals surface area (Å²) in [5.41, 5.74) is 0. The van der Waals surface area contributed by atoms with Gasteiger partial charge in [-0.15, -0.1) is 0 Å². The molecular formula is C10H16F3N3O2. The van der Waals surface area contributed by atoms with Crippen molar-refractivity contribution >= 4 is 11.8 Å². The predicted octanol–water partition coefficient (Wildman–Crippen LogP) is -0.123. The Labute approximate surface area is 103 Å². The van der Waals surface area contributed by atoms with Crippen molar-refractivity contribution in [2.24, 2.45) is 0 Å². The molecule has 0 aromatic rings. The maximum Gasteiger partial charge on any atom is 0.405 e. The molecule has 1 rings (SSSR count). The molecule has 2 amide bonds. The lowest BCUT2D eigenvalue weighted by molar-refractivity contribution is -0.138. The van der Waals surface area contributed by atoms with Crippen molar-refractivity contribution in [3.05, 3.63) is 0 Å². The van der Waals surface area contributed by atoms with E-state index in [1.807, 2.05) is 0 Å². The number of carbonyl (C=O) groups is 2. The fourth-order valence-corrected chi connectivity index (χ4v) is 1.62. The first-order valence-corrected chi connectivity index (χ1v) is 5.70. The lowest BCUT2D eigenvalue weighted by Gasteiger charge is -2.15. The Morgan fingerprint density at radius 1 is 1.11 bits per heavy atom. The Kier molecular flexibility index (Phi) is 5.39. The van der Waals surface area contributed by atoms with Gasteiger partial charge in [-0.2, -0.15) is 13.2 Å². The van der Waals surface area contributed by atoms with Crippen molar-refractivity contribution in [2.45, 2.75) is 19.0 Å². The highest BCUT2D eigenvalue weighted by atomic mass is 19.4. The molecule has 0 unspecified atom stereocenters. The average molecular weight is 267 g/mol. The second-order valence-electron chi connectivity index (χ2n) is 4.08. The third kappa shape index (κ3) is 5.85. The molecule has 0 radical (unpaired) electrons. The summed E-state index contributed by atoms with van der Waals surface area (Å²) in [6.45, 7) is -0.260. The maximum atomic E-state index is 11.8. The summed E-state index contributed by atoms with van der Waals surface area (Å²) < 4.78 is 35.3. The Hall–Kier alpha value is -1.31. The maximum absolute atomic E-state index is 11.8. The molecule has 104 valence electrons. The van der Waals surface area contributed by atoms with E-state index in [1.54, 1.807) is 10.2 Å². The number of likely N-dealkylation sites (tertiary alicyclic amines) is 1. The monoisotopic (exact) mass is 267 g/mol. The Bertz CT molecular complexity index is 301. The van der Waals surface area contributed by atoms with E-state index in [-0.39, 0.29) is 19.0 Å². The van der Waals surface area contributed by atoms with Crippen molar-refractivity contribution < 1.29 is 22.8 Å². The van der Waals surface area contributed by atoms with Crippen LogP contribution in [0.25, 0.3) is 0 Å². The van der Waals surface area contributed by atoms with Crippen LogP contribution in [0.15, 0.2) is 0 Å². The van der Waals surface area contributed by atoms with E-state index in [1.165, 1.54) is 0 Å². The largest absolute Gasteiger partial charge is 0.405 e. The molecule has 2 N–H and O–H groups in total. The highest BCUT2D eigenvalue weighted by Gasteiger charge is 2.27. The van der Waals surface area contributed by atoms with Gasteiger partial charge in [0.15, 0.2) is 0 Å². The molecule has 0 spiro atoms. The molecule has 8 heteroatoms. The zero-order chi connectivity index (χ0) is 13.6. The first-order valence-electron chi connectivity index (χ1n) is 5.70. The van der Waals surface area contributed by atoms with E-state index in [2.05, 4.69) is 5.32 Å². The van der Waals surface area contributed by atoms with Gasteiger partial charge in [0.05, 0.1) is 13.1 Å². The van der Waals surface area contributed by atoms with Crippen molar-refractivity contribution in [3.63, 3.8) is 0 Å². The first-order chi connectivity index (χ1) is 8.38. The minimum absolute atomic E-state index is 0.0283. The second-order valence-corrected chi connectivity index (χ2v) is 4.08. The lowest BCUT2D eigenvalue weighted by Crippen LogP contribution is -2.42. The highest BCUT2D eigenvalue weighted by Crippen LogP contribution is 2.11. The van der Waals surface area contributed by atoms with Crippen molar-refractivity contribution in [1.29, 1.82) is 0 Å². The molecule has 0 aromatic heterocycles. The number of hydrogen-bond acceptors (Lipinski definition) is 3. The molecule has 0 aromatic carbocycles. The summed E-state index contributed by atoms with van der Waals surface area (Å²) in [7, 11) is 0. The van der Waals surface area contributed by atoms with E-state index in [9.17, 15) is 22.8 Å².